The zero-order valence-electron chi connectivity index (χ0n) is 9.55. The molecule has 2 rings (SSSR count). The Morgan fingerprint density at radius 2 is 2.07 bits per heavy atom. The first kappa shape index (κ1) is 11.2. The van der Waals surface area contributed by atoms with Gasteiger partial charge in [0.25, 0.3) is 0 Å². The van der Waals surface area contributed by atoms with E-state index in [9.17, 15) is 0 Å². The summed E-state index contributed by atoms with van der Waals surface area (Å²) in [5, 5.41) is 7.41. The number of nitrogens with zero attached hydrogens (tertiary/aromatic N) is 1. The molecule has 0 aromatic carbocycles. The first-order valence-corrected chi connectivity index (χ1v) is 5.42. The van der Waals surface area contributed by atoms with E-state index in [0.717, 1.165) is 24.5 Å². The molecule has 1 atom stereocenters. The summed E-state index contributed by atoms with van der Waals surface area (Å²) in [6.45, 7) is 10.2. The number of rotatable bonds is 1. The highest BCUT2D eigenvalue weighted by Gasteiger charge is 2.22. The third-order valence-corrected chi connectivity index (χ3v) is 2.64. The van der Waals surface area contributed by atoms with Gasteiger partial charge in [-0.05, 0) is 26.8 Å². The molecule has 0 aliphatic carbocycles. The molecule has 1 N–H and O–H groups in total. The van der Waals surface area contributed by atoms with Crippen molar-refractivity contribution in [2.24, 2.45) is 0 Å². The Morgan fingerprint density at radius 3 is 2.50 bits per heavy atom. The molecule has 1 saturated heterocycles. The maximum absolute atomic E-state index is 5.13. The third kappa shape index (κ3) is 2.15. The molecular weight excluding hydrogens is 176 g/mol. The highest BCUT2D eigenvalue weighted by Crippen LogP contribution is 2.25. The van der Waals surface area contributed by atoms with E-state index in [2.05, 4.69) is 17.4 Å². The number of hydrogen-bond donors (Lipinski definition) is 1. The molecule has 1 aliphatic heterocycles. The van der Waals surface area contributed by atoms with Gasteiger partial charge in [-0.2, -0.15) is 0 Å². The molecule has 0 amide bonds. The van der Waals surface area contributed by atoms with Gasteiger partial charge >= 0.3 is 0 Å². The third-order valence-electron chi connectivity index (χ3n) is 2.64. The van der Waals surface area contributed by atoms with Gasteiger partial charge in [-0.25, -0.2) is 0 Å². The van der Waals surface area contributed by atoms with Crippen LogP contribution >= 0.6 is 0 Å². The van der Waals surface area contributed by atoms with Crippen molar-refractivity contribution < 1.29 is 4.52 Å². The largest absolute Gasteiger partial charge is 0.361 e. The molecule has 3 heteroatoms. The van der Waals surface area contributed by atoms with Gasteiger partial charge < -0.3 is 9.84 Å². The van der Waals surface area contributed by atoms with Crippen LogP contribution in [0.1, 0.15) is 43.2 Å². The SMILES string of the molecule is CC.Cc1onc(C2CCNC2)c1C. The van der Waals surface area contributed by atoms with E-state index < -0.39 is 0 Å². The normalized spacial score (nSPS) is 20.4. The van der Waals surface area contributed by atoms with Crippen LogP contribution in [0, 0.1) is 13.8 Å². The summed E-state index contributed by atoms with van der Waals surface area (Å²) in [5.41, 5.74) is 2.38. The van der Waals surface area contributed by atoms with E-state index in [1.165, 1.54) is 12.0 Å². The van der Waals surface area contributed by atoms with E-state index >= 15 is 0 Å². The minimum atomic E-state index is 0.572. The standard InChI is InChI=1S/C9H14N2O.C2H6/c1-6-7(2)12-11-9(6)8-3-4-10-5-8;1-2/h8,10H,3-5H2,1-2H3;1-2H3. The van der Waals surface area contributed by atoms with Gasteiger partial charge in [0.1, 0.15) is 5.76 Å². The second kappa shape index (κ2) is 5.15. The lowest BCUT2D eigenvalue weighted by atomic mass is 10.0. The van der Waals surface area contributed by atoms with Crippen LogP contribution in [-0.2, 0) is 0 Å². The summed E-state index contributed by atoms with van der Waals surface area (Å²) in [5.74, 6) is 1.53. The Kier molecular flexibility index (Phi) is 4.14. The van der Waals surface area contributed by atoms with E-state index in [0.29, 0.717) is 5.92 Å². The van der Waals surface area contributed by atoms with Crippen molar-refractivity contribution in [3.05, 3.63) is 17.0 Å². The lowest BCUT2D eigenvalue weighted by molar-refractivity contribution is 0.386. The molecule has 80 valence electrons. The Bertz CT molecular complexity index is 275. The fourth-order valence-electron chi connectivity index (χ4n) is 1.70. The maximum atomic E-state index is 5.13. The smallest absolute Gasteiger partial charge is 0.136 e. The average Bonchev–Trinajstić information content (AvgIpc) is 2.82. The zero-order valence-corrected chi connectivity index (χ0v) is 9.55. The van der Waals surface area contributed by atoms with Gasteiger partial charge in [-0.1, -0.05) is 19.0 Å². The minimum absolute atomic E-state index is 0.572. The van der Waals surface area contributed by atoms with Crippen molar-refractivity contribution in [1.29, 1.82) is 0 Å². The van der Waals surface area contributed by atoms with Crippen molar-refractivity contribution >= 4 is 0 Å². The fraction of sp³-hybridized carbons (Fsp3) is 0.727. The lowest BCUT2D eigenvalue weighted by Gasteiger charge is -2.03. The Labute approximate surface area is 85.9 Å². The van der Waals surface area contributed by atoms with E-state index in [1.807, 2.05) is 20.8 Å². The molecule has 1 aromatic rings. The number of aromatic nitrogens is 1. The van der Waals surface area contributed by atoms with E-state index in [1.54, 1.807) is 0 Å². The van der Waals surface area contributed by atoms with Gasteiger partial charge in [0, 0.05) is 18.0 Å². The molecule has 0 spiro atoms. The second-order valence-corrected chi connectivity index (χ2v) is 3.44. The van der Waals surface area contributed by atoms with Crippen LogP contribution in [0.5, 0.6) is 0 Å². The fourth-order valence-corrected chi connectivity index (χ4v) is 1.70. The highest BCUT2D eigenvalue weighted by atomic mass is 16.5. The van der Waals surface area contributed by atoms with Crippen molar-refractivity contribution in [2.45, 2.75) is 40.0 Å². The highest BCUT2D eigenvalue weighted by molar-refractivity contribution is 5.24. The summed E-state index contributed by atoms with van der Waals surface area (Å²) in [6, 6.07) is 0. The Morgan fingerprint density at radius 1 is 1.36 bits per heavy atom. The summed E-state index contributed by atoms with van der Waals surface area (Å²) in [7, 11) is 0. The first-order chi connectivity index (χ1) is 6.79. The quantitative estimate of drug-likeness (QED) is 0.749. The van der Waals surface area contributed by atoms with E-state index in [-0.39, 0.29) is 0 Å². The van der Waals surface area contributed by atoms with Gasteiger partial charge in [0.15, 0.2) is 0 Å². The molecule has 1 fully saturated rings. The van der Waals surface area contributed by atoms with Crippen molar-refractivity contribution in [1.82, 2.24) is 10.5 Å². The molecule has 14 heavy (non-hydrogen) atoms. The predicted molar refractivity (Wildman–Crippen MR) is 57.6 cm³/mol. The Hall–Kier alpha value is -0.830. The van der Waals surface area contributed by atoms with Gasteiger partial charge in [-0.3, -0.25) is 0 Å². The average molecular weight is 196 g/mol. The monoisotopic (exact) mass is 196 g/mol. The molecule has 0 radical (unpaired) electrons. The second-order valence-electron chi connectivity index (χ2n) is 3.44. The molecule has 3 nitrogen and oxygen atoms in total. The summed E-state index contributed by atoms with van der Waals surface area (Å²) in [6.07, 6.45) is 1.19. The summed E-state index contributed by atoms with van der Waals surface area (Å²) >= 11 is 0. The molecule has 1 aliphatic rings. The zero-order chi connectivity index (χ0) is 10.6. The maximum Gasteiger partial charge on any atom is 0.136 e. The van der Waals surface area contributed by atoms with Gasteiger partial charge in [0.2, 0.25) is 0 Å². The van der Waals surface area contributed by atoms with Crippen LogP contribution in [0.3, 0.4) is 0 Å². The van der Waals surface area contributed by atoms with E-state index in [4.69, 9.17) is 4.52 Å². The number of aryl methyl sites for hydroxylation is 1. The summed E-state index contributed by atoms with van der Waals surface area (Å²) < 4.78 is 5.13. The topological polar surface area (TPSA) is 38.1 Å². The molecule has 1 unspecified atom stereocenters. The van der Waals surface area contributed by atoms with Crippen LogP contribution in [0.25, 0.3) is 0 Å². The summed E-state index contributed by atoms with van der Waals surface area (Å²) in [4.78, 5) is 0. The van der Waals surface area contributed by atoms with Crippen molar-refractivity contribution in [3.8, 4) is 0 Å². The minimum Gasteiger partial charge on any atom is -0.361 e. The lowest BCUT2D eigenvalue weighted by Crippen LogP contribution is -2.08. The predicted octanol–water partition coefficient (Wildman–Crippen LogP) is 2.39. The van der Waals surface area contributed by atoms with Crippen molar-refractivity contribution in [2.75, 3.05) is 13.1 Å². The molecule has 1 aromatic heterocycles. The van der Waals surface area contributed by atoms with Gasteiger partial charge in [-0.15, -0.1) is 0 Å². The van der Waals surface area contributed by atoms with Crippen LogP contribution in [0.15, 0.2) is 4.52 Å². The van der Waals surface area contributed by atoms with Crippen LogP contribution in [0.4, 0.5) is 0 Å². The van der Waals surface area contributed by atoms with Crippen LogP contribution in [-0.4, -0.2) is 18.2 Å². The van der Waals surface area contributed by atoms with Crippen molar-refractivity contribution in [3.63, 3.8) is 0 Å². The molecule has 0 bridgehead atoms. The molecule has 0 saturated carbocycles. The Balaban J connectivity index is 0.000000461. The van der Waals surface area contributed by atoms with Gasteiger partial charge in [0.05, 0.1) is 5.69 Å². The number of nitrogens with one attached hydrogen (secondary N) is 1. The van der Waals surface area contributed by atoms with Crippen LogP contribution in [0.2, 0.25) is 0 Å². The molecule has 2 heterocycles. The number of hydrogen-bond acceptors (Lipinski definition) is 3. The van der Waals surface area contributed by atoms with Crippen LogP contribution < -0.4 is 5.32 Å². The molecular formula is C11H20N2O. The first-order valence-electron chi connectivity index (χ1n) is 5.42.